The van der Waals surface area contributed by atoms with Gasteiger partial charge < -0.3 is 15.5 Å². The minimum atomic E-state index is -0.141. The fraction of sp³-hybridized carbons (Fsp3) is 0.421. The van der Waals surface area contributed by atoms with Gasteiger partial charge in [-0.25, -0.2) is 4.98 Å². The van der Waals surface area contributed by atoms with Crippen LogP contribution in [-0.2, 0) is 0 Å². The van der Waals surface area contributed by atoms with Crippen molar-refractivity contribution in [2.45, 2.75) is 37.8 Å². The Morgan fingerprint density at radius 3 is 2.33 bits per heavy atom. The van der Waals surface area contributed by atoms with Crippen molar-refractivity contribution in [2.24, 2.45) is 0 Å². The molecule has 27 heavy (non-hydrogen) atoms. The van der Waals surface area contributed by atoms with E-state index in [9.17, 15) is 4.79 Å². The smallest absolute Gasteiger partial charge is 0.251 e. The number of benzene rings is 1. The molecule has 6 nitrogen and oxygen atoms in total. The molecule has 8 heteroatoms. The lowest BCUT2D eigenvalue weighted by Crippen LogP contribution is -2.40. The van der Waals surface area contributed by atoms with Crippen LogP contribution in [0.5, 0.6) is 0 Å². The summed E-state index contributed by atoms with van der Waals surface area (Å²) in [6.45, 7) is 0. The highest BCUT2D eigenvalue weighted by atomic mass is 35.5. The predicted octanol–water partition coefficient (Wildman–Crippen LogP) is 4.00. The Morgan fingerprint density at radius 1 is 1.07 bits per heavy atom. The highest BCUT2D eigenvalue weighted by Gasteiger charge is 2.23. The lowest BCUT2D eigenvalue weighted by atomic mass is 9.91. The Balaban J connectivity index is 1.51. The molecule has 1 aliphatic rings. The van der Waals surface area contributed by atoms with E-state index >= 15 is 0 Å². The van der Waals surface area contributed by atoms with Crippen LogP contribution in [0.4, 0.5) is 11.8 Å². The first-order chi connectivity index (χ1) is 12.9. The van der Waals surface area contributed by atoms with Gasteiger partial charge in [-0.2, -0.15) is 4.98 Å². The highest BCUT2D eigenvalue weighted by Crippen LogP contribution is 2.23. The summed E-state index contributed by atoms with van der Waals surface area (Å²) in [5, 5.41) is 7.39. The zero-order valence-electron chi connectivity index (χ0n) is 15.4. The van der Waals surface area contributed by atoms with Crippen LogP contribution in [0, 0.1) is 0 Å². The second-order valence-electron chi connectivity index (χ2n) is 6.96. The summed E-state index contributed by atoms with van der Waals surface area (Å²) in [6, 6.07) is 7.19. The van der Waals surface area contributed by atoms with Crippen LogP contribution in [0.2, 0.25) is 10.0 Å². The molecule has 0 aliphatic heterocycles. The lowest BCUT2D eigenvalue weighted by Gasteiger charge is -2.29. The molecule has 1 heterocycles. The van der Waals surface area contributed by atoms with Crippen molar-refractivity contribution in [2.75, 3.05) is 24.3 Å². The van der Waals surface area contributed by atoms with E-state index in [1.165, 1.54) is 0 Å². The third kappa shape index (κ3) is 5.47. The number of rotatable bonds is 5. The van der Waals surface area contributed by atoms with E-state index in [1.807, 2.05) is 25.1 Å². The number of aromatic nitrogens is 2. The third-order valence-electron chi connectivity index (χ3n) is 4.62. The van der Waals surface area contributed by atoms with Gasteiger partial charge in [-0.05, 0) is 49.9 Å². The summed E-state index contributed by atoms with van der Waals surface area (Å²) in [4.78, 5) is 23.2. The van der Waals surface area contributed by atoms with Crippen molar-refractivity contribution in [1.82, 2.24) is 15.3 Å². The highest BCUT2D eigenvalue weighted by molar-refractivity contribution is 6.35. The molecule has 0 spiro atoms. The quantitative estimate of drug-likeness (QED) is 0.783. The number of carbonyl (C=O) groups excluding carboxylic acids is 1. The molecule has 0 unspecified atom stereocenters. The number of halogens is 2. The Hall–Kier alpha value is -2.05. The van der Waals surface area contributed by atoms with Gasteiger partial charge in [-0.3, -0.25) is 4.79 Å². The van der Waals surface area contributed by atoms with Gasteiger partial charge >= 0.3 is 0 Å². The minimum absolute atomic E-state index is 0.141. The Morgan fingerprint density at radius 2 is 1.70 bits per heavy atom. The van der Waals surface area contributed by atoms with E-state index in [0.717, 1.165) is 31.5 Å². The van der Waals surface area contributed by atoms with Gasteiger partial charge in [0.05, 0.1) is 0 Å². The molecule has 3 rings (SSSR count). The number of amides is 1. The summed E-state index contributed by atoms with van der Waals surface area (Å²) >= 11 is 12.0. The van der Waals surface area contributed by atoms with Gasteiger partial charge in [0.15, 0.2) is 0 Å². The lowest BCUT2D eigenvalue weighted by molar-refractivity contribution is 0.0926. The SMILES string of the molecule is CN(C)c1ccnc(NC2CCC(NC(=O)c3cc(Cl)cc(Cl)c3)CC2)n1. The molecule has 0 saturated heterocycles. The zero-order valence-corrected chi connectivity index (χ0v) is 16.9. The van der Waals surface area contributed by atoms with Crippen molar-refractivity contribution in [3.05, 3.63) is 46.1 Å². The molecular formula is C19H23Cl2N5O. The first kappa shape index (κ1) is 19.7. The Bertz CT molecular complexity index is 786. The van der Waals surface area contributed by atoms with Crippen LogP contribution in [0.25, 0.3) is 0 Å². The standard InChI is InChI=1S/C19H23Cl2N5O/c1-26(2)17-7-8-22-19(25-17)24-16-5-3-15(4-6-16)23-18(27)12-9-13(20)11-14(21)10-12/h7-11,15-16H,3-6H2,1-2H3,(H,23,27)(H,22,24,25). The molecule has 0 radical (unpaired) electrons. The molecular weight excluding hydrogens is 385 g/mol. The van der Waals surface area contributed by atoms with Crippen molar-refractivity contribution >= 4 is 40.9 Å². The average molecular weight is 408 g/mol. The van der Waals surface area contributed by atoms with Gasteiger partial charge in [-0.15, -0.1) is 0 Å². The molecule has 2 aromatic rings. The average Bonchev–Trinajstić information content (AvgIpc) is 2.63. The number of nitrogens with zero attached hydrogens (tertiary/aromatic N) is 3. The van der Waals surface area contributed by atoms with Gasteiger partial charge in [0.1, 0.15) is 5.82 Å². The maximum atomic E-state index is 12.4. The molecule has 1 aromatic heterocycles. The number of nitrogens with one attached hydrogen (secondary N) is 2. The third-order valence-corrected chi connectivity index (χ3v) is 5.06. The second-order valence-corrected chi connectivity index (χ2v) is 7.83. The van der Waals surface area contributed by atoms with Crippen LogP contribution in [-0.4, -0.2) is 42.1 Å². The van der Waals surface area contributed by atoms with Crippen LogP contribution in [0.1, 0.15) is 36.0 Å². The molecule has 1 fully saturated rings. The van der Waals surface area contributed by atoms with Crippen LogP contribution >= 0.6 is 23.2 Å². The number of hydrogen-bond donors (Lipinski definition) is 2. The monoisotopic (exact) mass is 407 g/mol. The maximum Gasteiger partial charge on any atom is 0.251 e. The van der Waals surface area contributed by atoms with Crippen molar-refractivity contribution in [3.8, 4) is 0 Å². The van der Waals surface area contributed by atoms with E-state index in [-0.39, 0.29) is 11.9 Å². The Labute approximate surface area is 169 Å². The number of carbonyl (C=O) groups is 1. The summed E-state index contributed by atoms with van der Waals surface area (Å²) in [5.74, 6) is 1.37. The molecule has 0 atom stereocenters. The molecule has 1 aromatic carbocycles. The topological polar surface area (TPSA) is 70.2 Å². The van der Waals surface area contributed by atoms with Crippen molar-refractivity contribution in [1.29, 1.82) is 0 Å². The van der Waals surface area contributed by atoms with Crippen LogP contribution < -0.4 is 15.5 Å². The van der Waals surface area contributed by atoms with E-state index < -0.39 is 0 Å². The Kier molecular flexibility index (Phi) is 6.39. The molecule has 0 bridgehead atoms. The van der Waals surface area contributed by atoms with E-state index in [2.05, 4.69) is 20.6 Å². The fourth-order valence-electron chi connectivity index (χ4n) is 3.19. The van der Waals surface area contributed by atoms with Gasteiger partial charge in [0.2, 0.25) is 5.95 Å². The van der Waals surface area contributed by atoms with Crippen molar-refractivity contribution in [3.63, 3.8) is 0 Å². The zero-order chi connectivity index (χ0) is 19.4. The van der Waals surface area contributed by atoms with Gasteiger partial charge in [-0.1, -0.05) is 23.2 Å². The van der Waals surface area contributed by atoms with E-state index in [4.69, 9.17) is 23.2 Å². The van der Waals surface area contributed by atoms with Gasteiger partial charge in [0, 0.05) is 48.0 Å². The van der Waals surface area contributed by atoms with Crippen molar-refractivity contribution < 1.29 is 4.79 Å². The number of hydrogen-bond acceptors (Lipinski definition) is 5. The maximum absolute atomic E-state index is 12.4. The van der Waals surface area contributed by atoms with Gasteiger partial charge in [0.25, 0.3) is 5.91 Å². The normalized spacial score (nSPS) is 19.4. The predicted molar refractivity (Wildman–Crippen MR) is 110 cm³/mol. The second kappa shape index (κ2) is 8.76. The summed E-state index contributed by atoms with van der Waals surface area (Å²) in [6.07, 6.45) is 5.43. The first-order valence-corrected chi connectivity index (χ1v) is 9.70. The summed E-state index contributed by atoms with van der Waals surface area (Å²) in [5.41, 5.74) is 0.488. The summed E-state index contributed by atoms with van der Waals surface area (Å²) in [7, 11) is 3.90. The number of anilines is 2. The van der Waals surface area contributed by atoms with Crippen LogP contribution in [0.15, 0.2) is 30.5 Å². The van der Waals surface area contributed by atoms with E-state index in [1.54, 1.807) is 24.4 Å². The van der Waals surface area contributed by atoms with E-state index in [0.29, 0.717) is 27.6 Å². The molecule has 1 saturated carbocycles. The molecule has 1 amide bonds. The fourth-order valence-corrected chi connectivity index (χ4v) is 3.71. The summed E-state index contributed by atoms with van der Waals surface area (Å²) < 4.78 is 0. The molecule has 144 valence electrons. The molecule has 1 aliphatic carbocycles. The molecule has 2 N–H and O–H groups in total. The largest absolute Gasteiger partial charge is 0.363 e. The van der Waals surface area contributed by atoms with Crippen LogP contribution in [0.3, 0.4) is 0 Å². The minimum Gasteiger partial charge on any atom is -0.363 e. The first-order valence-electron chi connectivity index (χ1n) is 8.94.